The van der Waals surface area contributed by atoms with Gasteiger partial charge in [-0.1, -0.05) is 34.1 Å². The zero-order chi connectivity index (χ0) is 15.1. The molecule has 4 heteroatoms. The van der Waals surface area contributed by atoms with Crippen LogP contribution in [-0.4, -0.2) is 35.3 Å². The molecule has 1 saturated carbocycles. The lowest BCUT2D eigenvalue weighted by atomic mass is 9.66. The van der Waals surface area contributed by atoms with Crippen LogP contribution in [0.1, 0.15) is 60.3 Å². The third-order valence-electron chi connectivity index (χ3n) is 5.20. The van der Waals surface area contributed by atoms with Gasteiger partial charge in [0.15, 0.2) is 0 Å². The standard InChI is InChI=1S/C16H28N2O2/c1-6-16(8-7-9-16)10-18-11(2)13(19)17-12(14(18)20)15(3,4)5/h11-12H,6-10H2,1-5H3,(H,17,19). The molecule has 0 aromatic rings. The summed E-state index contributed by atoms with van der Waals surface area (Å²) in [5, 5.41) is 2.90. The molecule has 1 aliphatic heterocycles. The molecule has 2 atom stereocenters. The Balaban J connectivity index is 2.20. The Labute approximate surface area is 122 Å². The Kier molecular flexibility index (Phi) is 3.87. The van der Waals surface area contributed by atoms with Gasteiger partial charge in [0, 0.05) is 6.54 Å². The Bertz CT molecular complexity index is 402. The second-order valence-corrected chi connectivity index (χ2v) is 7.66. The van der Waals surface area contributed by atoms with Crippen molar-refractivity contribution in [3.05, 3.63) is 0 Å². The maximum absolute atomic E-state index is 12.8. The number of amides is 2. The van der Waals surface area contributed by atoms with Crippen LogP contribution in [0.3, 0.4) is 0 Å². The lowest BCUT2D eigenvalue weighted by Gasteiger charge is -2.49. The Hall–Kier alpha value is -1.06. The highest BCUT2D eigenvalue weighted by Crippen LogP contribution is 2.45. The first kappa shape index (κ1) is 15.3. The molecule has 0 aromatic carbocycles. The molecule has 0 bridgehead atoms. The molecule has 2 unspecified atom stereocenters. The first-order chi connectivity index (χ1) is 9.20. The molecular weight excluding hydrogens is 252 g/mol. The topological polar surface area (TPSA) is 49.4 Å². The predicted molar refractivity (Wildman–Crippen MR) is 79.1 cm³/mol. The molecule has 1 aliphatic carbocycles. The average Bonchev–Trinajstić information content (AvgIpc) is 2.31. The van der Waals surface area contributed by atoms with Crippen LogP contribution in [0.5, 0.6) is 0 Å². The molecule has 0 spiro atoms. The molecule has 20 heavy (non-hydrogen) atoms. The molecule has 1 heterocycles. The summed E-state index contributed by atoms with van der Waals surface area (Å²) in [5.41, 5.74) is 0.00803. The van der Waals surface area contributed by atoms with Gasteiger partial charge in [-0.15, -0.1) is 0 Å². The Morgan fingerprint density at radius 3 is 2.30 bits per heavy atom. The summed E-state index contributed by atoms with van der Waals surface area (Å²) in [6, 6.07) is -0.745. The van der Waals surface area contributed by atoms with E-state index in [9.17, 15) is 9.59 Å². The van der Waals surface area contributed by atoms with Crippen LogP contribution >= 0.6 is 0 Å². The van der Waals surface area contributed by atoms with Crippen LogP contribution in [0, 0.1) is 10.8 Å². The summed E-state index contributed by atoms with van der Waals surface area (Å²) in [7, 11) is 0. The van der Waals surface area contributed by atoms with E-state index in [1.165, 1.54) is 19.3 Å². The van der Waals surface area contributed by atoms with Crippen LogP contribution in [0.4, 0.5) is 0 Å². The zero-order valence-electron chi connectivity index (χ0n) is 13.5. The normalized spacial score (nSPS) is 29.9. The minimum absolute atomic E-state index is 0.0184. The second-order valence-electron chi connectivity index (χ2n) is 7.66. The lowest BCUT2D eigenvalue weighted by molar-refractivity contribution is -0.154. The molecule has 1 saturated heterocycles. The van der Waals surface area contributed by atoms with E-state index in [4.69, 9.17) is 0 Å². The van der Waals surface area contributed by atoms with E-state index in [1.54, 1.807) is 0 Å². The highest BCUT2D eigenvalue weighted by Gasteiger charge is 2.47. The van der Waals surface area contributed by atoms with Crippen molar-refractivity contribution in [1.29, 1.82) is 0 Å². The Morgan fingerprint density at radius 1 is 1.30 bits per heavy atom. The highest BCUT2D eigenvalue weighted by atomic mass is 16.2. The summed E-state index contributed by atoms with van der Waals surface area (Å²) in [6.45, 7) is 10.8. The number of rotatable bonds is 3. The number of hydrogen-bond donors (Lipinski definition) is 1. The third-order valence-corrected chi connectivity index (χ3v) is 5.20. The van der Waals surface area contributed by atoms with Gasteiger partial charge in [-0.3, -0.25) is 9.59 Å². The summed E-state index contributed by atoms with van der Waals surface area (Å²) < 4.78 is 0. The van der Waals surface area contributed by atoms with E-state index in [-0.39, 0.29) is 28.7 Å². The monoisotopic (exact) mass is 280 g/mol. The molecule has 2 aliphatic rings. The quantitative estimate of drug-likeness (QED) is 0.862. The third kappa shape index (κ3) is 2.57. The van der Waals surface area contributed by atoms with Crippen molar-refractivity contribution in [2.45, 2.75) is 72.4 Å². The summed E-state index contributed by atoms with van der Waals surface area (Å²) in [4.78, 5) is 26.8. The van der Waals surface area contributed by atoms with E-state index >= 15 is 0 Å². The molecule has 2 rings (SSSR count). The van der Waals surface area contributed by atoms with E-state index in [0.29, 0.717) is 0 Å². The van der Waals surface area contributed by atoms with Gasteiger partial charge >= 0.3 is 0 Å². The van der Waals surface area contributed by atoms with Gasteiger partial charge in [-0.25, -0.2) is 0 Å². The van der Waals surface area contributed by atoms with Gasteiger partial charge in [-0.05, 0) is 37.0 Å². The zero-order valence-corrected chi connectivity index (χ0v) is 13.5. The fraction of sp³-hybridized carbons (Fsp3) is 0.875. The van der Waals surface area contributed by atoms with Gasteiger partial charge in [0.25, 0.3) is 0 Å². The van der Waals surface area contributed by atoms with Gasteiger partial charge < -0.3 is 10.2 Å². The summed E-state index contributed by atoms with van der Waals surface area (Å²) in [6.07, 6.45) is 4.70. The molecule has 4 nitrogen and oxygen atoms in total. The second kappa shape index (κ2) is 5.05. The molecule has 2 fully saturated rings. The molecule has 2 amide bonds. The number of hydrogen-bond acceptors (Lipinski definition) is 2. The SMILES string of the molecule is CCC1(CN2C(=O)C(C(C)(C)C)NC(=O)C2C)CCC1. The van der Waals surface area contributed by atoms with E-state index in [0.717, 1.165) is 13.0 Å². The fourth-order valence-electron chi connectivity index (χ4n) is 3.29. The number of carbonyl (C=O) groups is 2. The maximum atomic E-state index is 12.8. The maximum Gasteiger partial charge on any atom is 0.246 e. The van der Waals surface area contributed by atoms with Crippen LogP contribution in [-0.2, 0) is 9.59 Å². The minimum Gasteiger partial charge on any atom is -0.342 e. The fourth-order valence-corrected chi connectivity index (χ4v) is 3.29. The first-order valence-corrected chi connectivity index (χ1v) is 7.81. The molecular formula is C16H28N2O2. The van der Waals surface area contributed by atoms with Crippen molar-refractivity contribution in [2.75, 3.05) is 6.54 Å². The van der Waals surface area contributed by atoms with Crippen molar-refractivity contribution in [3.63, 3.8) is 0 Å². The summed E-state index contributed by atoms with van der Waals surface area (Å²) >= 11 is 0. The van der Waals surface area contributed by atoms with Crippen molar-refractivity contribution < 1.29 is 9.59 Å². The van der Waals surface area contributed by atoms with Gasteiger partial charge in [0.1, 0.15) is 12.1 Å². The van der Waals surface area contributed by atoms with E-state index in [1.807, 2.05) is 32.6 Å². The summed E-state index contributed by atoms with van der Waals surface area (Å²) in [5.74, 6) is 0.0689. The first-order valence-electron chi connectivity index (χ1n) is 7.81. The van der Waals surface area contributed by atoms with Crippen LogP contribution < -0.4 is 5.32 Å². The van der Waals surface area contributed by atoms with Crippen molar-refractivity contribution in [3.8, 4) is 0 Å². The van der Waals surface area contributed by atoms with Gasteiger partial charge in [0.2, 0.25) is 11.8 Å². The predicted octanol–water partition coefficient (Wildman–Crippen LogP) is 2.33. The van der Waals surface area contributed by atoms with E-state index in [2.05, 4.69) is 12.2 Å². The lowest BCUT2D eigenvalue weighted by Crippen LogP contribution is -2.67. The van der Waals surface area contributed by atoms with Gasteiger partial charge in [-0.2, -0.15) is 0 Å². The smallest absolute Gasteiger partial charge is 0.246 e. The number of piperazine rings is 1. The molecule has 1 N–H and O–H groups in total. The Morgan fingerprint density at radius 2 is 1.90 bits per heavy atom. The van der Waals surface area contributed by atoms with E-state index < -0.39 is 6.04 Å². The average molecular weight is 280 g/mol. The molecule has 0 aromatic heterocycles. The largest absolute Gasteiger partial charge is 0.342 e. The molecule has 114 valence electrons. The number of nitrogens with one attached hydrogen (secondary N) is 1. The highest BCUT2D eigenvalue weighted by molar-refractivity contribution is 5.97. The minimum atomic E-state index is -0.403. The van der Waals surface area contributed by atoms with Crippen molar-refractivity contribution in [1.82, 2.24) is 10.2 Å². The van der Waals surface area contributed by atoms with Crippen molar-refractivity contribution in [2.24, 2.45) is 10.8 Å². The van der Waals surface area contributed by atoms with Crippen LogP contribution in [0.15, 0.2) is 0 Å². The molecule has 0 radical (unpaired) electrons. The number of nitrogens with zero attached hydrogens (tertiary/aromatic N) is 1. The van der Waals surface area contributed by atoms with Crippen LogP contribution in [0.25, 0.3) is 0 Å². The van der Waals surface area contributed by atoms with Crippen LogP contribution in [0.2, 0.25) is 0 Å². The number of carbonyl (C=O) groups excluding carboxylic acids is 2. The van der Waals surface area contributed by atoms with Gasteiger partial charge in [0.05, 0.1) is 0 Å². The van der Waals surface area contributed by atoms with Crippen molar-refractivity contribution >= 4 is 11.8 Å².